The van der Waals surface area contributed by atoms with Gasteiger partial charge < -0.3 is 11.1 Å². The van der Waals surface area contributed by atoms with Crippen molar-refractivity contribution in [1.82, 2.24) is 4.98 Å². The maximum absolute atomic E-state index is 11.8. The molecule has 4 nitrogen and oxygen atoms in total. The highest BCUT2D eigenvalue weighted by Crippen LogP contribution is 2.25. The molecule has 1 aromatic rings. The summed E-state index contributed by atoms with van der Waals surface area (Å²) < 4.78 is 0. The first kappa shape index (κ1) is 11.4. The van der Waals surface area contributed by atoms with E-state index in [1.54, 1.807) is 18.3 Å². The van der Waals surface area contributed by atoms with E-state index >= 15 is 0 Å². The van der Waals surface area contributed by atoms with E-state index in [2.05, 4.69) is 10.3 Å². The van der Waals surface area contributed by atoms with Crippen LogP contribution in [0.1, 0.15) is 19.3 Å². The van der Waals surface area contributed by atoms with Gasteiger partial charge in [0.15, 0.2) is 0 Å². The summed E-state index contributed by atoms with van der Waals surface area (Å²) in [6.07, 6.45) is 4.13. The molecule has 1 aliphatic rings. The van der Waals surface area contributed by atoms with Crippen molar-refractivity contribution in [3.05, 3.63) is 23.5 Å². The van der Waals surface area contributed by atoms with Crippen LogP contribution in [0.5, 0.6) is 0 Å². The molecular weight excluding hydrogens is 226 g/mol. The zero-order valence-electron chi connectivity index (χ0n) is 8.82. The van der Waals surface area contributed by atoms with Crippen LogP contribution in [0, 0.1) is 5.92 Å². The van der Waals surface area contributed by atoms with Gasteiger partial charge in [0.1, 0.15) is 5.15 Å². The quantitative estimate of drug-likeness (QED) is 0.774. The summed E-state index contributed by atoms with van der Waals surface area (Å²) in [5.41, 5.74) is 6.45. The average molecular weight is 240 g/mol. The standard InChI is InChI=1S/C11H14ClN3O/c12-10-6-9(3-4-14-10)15-11(16)7-1-2-8(13)5-7/h3-4,6-8H,1-2,5,13H2,(H,14,15,16). The maximum Gasteiger partial charge on any atom is 0.227 e. The Labute approximate surface area is 99.2 Å². The largest absolute Gasteiger partial charge is 0.328 e. The lowest BCUT2D eigenvalue weighted by Gasteiger charge is -2.10. The van der Waals surface area contributed by atoms with E-state index < -0.39 is 0 Å². The fourth-order valence-electron chi connectivity index (χ4n) is 1.98. The number of nitrogens with zero attached hydrogens (tertiary/aromatic N) is 1. The monoisotopic (exact) mass is 239 g/mol. The lowest BCUT2D eigenvalue weighted by atomic mass is 10.1. The zero-order chi connectivity index (χ0) is 11.5. The normalized spacial score (nSPS) is 24.4. The number of hydrogen-bond donors (Lipinski definition) is 2. The van der Waals surface area contributed by atoms with Gasteiger partial charge in [-0.3, -0.25) is 4.79 Å². The van der Waals surface area contributed by atoms with Crippen LogP contribution in [-0.2, 0) is 4.79 Å². The molecule has 16 heavy (non-hydrogen) atoms. The van der Waals surface area contributed by atoms with E-state index in [0.717, 1.165) is 19.3 Å². The molecule has 1 heterocycles. The van der Waals surface area contributed by atoms with Crippen LogP contribution in [-0.4, -0.2) is 16.9 Å². The highest BCUT2D eigenvalue weighted by atomic mass is 35.5. The summed E-state index contributed by atoms with van der Waals surface area (Å²) in [4.78, 5) is 15.7. The second-order valence-electron chi connectivity index (χ2n) is 4.13. The Bertz CT molecular complexity index is 397. The van der Waals surface area contributed by atoms with Crippen LogP contribution >= 0.6 is 11.6 Å². The summed E-state index contributed by atoms with van der Waals surface area (Å²) in [5.74, 6) is 0.0529. The molecule has 5 heteroatoms. The highest BCUT2D eigenvalue weighted by molar-refractivity contribution is 6.29. The number of nitrogens with two attached hydrogens (primary N) is 1. The van der Waals surface area contributed by atoms with Crippen LogP contribution in [0.2, 0.25) is 5.15 Å². The Kier molecular flexibility index (Phi) is 3.41. The predicted octanol–water partition coefficient (Wildman–Crippen LogP) is 1.80. The van der Waals surface area contributed by atoms with Gasteiger partial charge in [-0.05, 0) is 31.4 Å². The van der Waals surface area contributed by atoms with Crippen molar-refractivity contribution in [1.29, 1.82) is 0 Å². The minimum Gasteiger partial charge on any atom is -0.328 e. The second-order valence-corrected chi connectivity index (χ2v) is 4.51. The number of amides is 1. The first-order valence-corrected chi connectivity index (χ1v) is 5.71. The molecular formula is C11H14ClN3O. The van der Waals surface area contributed by atoms with Crippen molar-refractivity contribution >= 4 is 23.2 Å². The third-order valence-corrected chi connectivity index (χ3v) is 3.04. The minimum atomic E-state index is 0.0233. The van der Waals surface area contributed by atoms with Gasteiger partial charge in [0.25, 0.3) is 0 Å². The molecule has 0 spiro atoms. The number of carbonyl (C=O) groups is 1. The number of halogens is 1. The third-order valence-electron chi connectivity index (χ3n) is 2.84. The lowest BCUT2D eigenvalue weighted by Crippen LogP contribution is -2.23. The summed E-state index contributed by atoms with van der Waals surface area (Å²) in [6.45, 7) is 0. The number of carbonyl (C=O) groups excluding carboxylic acids is 1. The molecule has 3 N–H and O–H groups in total. The van der Waals surface area contributed by atoms with E-state index in [0.29, 0.717) is 10.8 Å². The summed E-state index contributed by atoms with van der Waals surface area (Å²) in [5, 5.41) is 3.20. The topological polar surface area (TPSA) is 68.0 Å². The van der Waals surface area contributed by atoms with Crippen LogP contribution in [0.3, 0.4) is 0 Å². The Morgan fingerprint density at radius 1 is 1.56 bits per heavy atom. The van der Waals surface area contributed by atoms with Crippen LogP contribution < -0.4 is 11.1 Å². The van der Waals surface area contributed by atoms with Crippen molar-refractivity contribution in [2.45, 2.75) is 25.3 Å². The third kappa shape index (κ3) is 2.71. The van der Waals surface area contributed by atoms with E-state index in [1.165, 1.54) is 0 Å². The Hall–Kier alpha value is -1.13. The van der Waals surface area contributed by atoms with Gasteiger partial charge >= 0.3 is 0 Å². The average Bonchev–Trinajstić information content (AvgIpc) is 2.65. The fourth-order valence-corrected chi connectivity index (χ4v) is 2.15. The molecule has 2 unspecified atom stereocenters. The van der Waals surface area contributed by atoms with Crippen molar-refractivity contribution < 1.29 is 4.79 Å². The van der Waals surface area contributed by atoms with E-state index in [9.17, 15) is 4.79 Å². The van der Waals surface area contributed by atoms with E-state index in [1.807, 2.05) is 0 Å². The molecule has 0 radical (unpaired) electrons. The minimum absolute atomic E-state index is 0.0233. The number of hydrogen-bond acceptors (Lipinski definition) is 3. The van der Waals surface area contributed by atoms with Crippen LogP contribution in [0.25, 0.3) is 0 Å². The molecule has 86 valence electrons. The smallest absolute Gasteiger partial charge is 0.227 e. The van der Waals surface area contributed by atoms with Crippen molar-refractivity contribution in [2.75, 3.05) is 5.32 Å². The predicted molar refractivity (Wildman–Crippen MR) is 63.2 cm³/mol. The lowest BCUT2D eigenvalue weighted by molar-refractivity contribution is -0.119. The van der Waals surface area contributed by atoms with Crippen molar-refractivity contribution in [3.8, 4) is 0 Å². The first-order valence-electron chi connectivity index (χ1n) is 5.33. The summed E-state index contributed by atoms with van der Waals surface area (Å²) in [6, 6.07) is 3.52. The molecule has 2 rings (SSSR count). The molecule has 1 fully saturated rings. The first-order chi connectivity index (χ1) is 7.65. The summed E-state index contributed by atoms with van der Waals surface area (Å²) in [7, 11) is 0. The number of nitrogens with one attached hydrogen (secondary N) is 1. The van der Waals surface area contributed by atoms with Crippen LogP contribution in [0.4, 0.5) is 5.69 Å². The van der Waals surface area contributed by atoms with Gasteiger partial charge in [0.2, 0.25) is 5.91 Å². The van der Waals surface area contributed by atoms with Gasteiger partial charge in [-0.25, -0.2) is 4.98 Å². The highest BCUT2D eigenvalue weighted by Gasteiger charge is 2.27. The van der Waals surface area contributed by atoms with Gasteiger partial charge in [0.05, 0.1) is 0 Å². The molecule has 0 saturated heterocycles. The maximum atomic E-state index is 11.8. The molecule has 1 saturated carbocycles. The number of pyridine rings is 1. The Morgan fingerprint density at radius 2 is 2.38 bits per heavy atom. The van der Waals surface area contributed by atoms with Gasteiger partial charge in [-0.2, -0.15) is 0 Å². The molecule has 0 aromatic carbocycles. The molecule has 0 aliphatic heterocycles. The van der Waals surface area contributed by atoms with Crippen molar-refractivity contribution in [3.63, 3.8) is 0 Å². The number of anilines is 1. The number of rotatable bonds is 2. The molecule has 2 atom stereocenters. The number of aromatic nitrogens is 1. The van der Waals surface area contributed by atoms with Crippen molar-refractivity contribution in [2.24, 2.45) is 11.7 Å². The van der Waals surface area contributed by atoms with E-state index in [4.69, 9.17) is 17.3 Å². The van der Waals surface area contributed by atoms with Gasteiger partial charge in [-0.15, -0.1) is 0 Å². The van der Waals surface area contributed by atoms with Crippen LogP contribution in [0.15, 0.2) is 18.3 Å². The molecule has 1 amide bonds. The molecule has 1 aromatic heterocycles. The van der Waals surface area contributed by atoms with E-state index in [-0.39, 0.29) is 17.9 Å². The molecule has 0 bridgehead atoms. The summed E-state index contributed by atoms with van der Waals surface area (Å²) >= 11 is 5.73. The Morgan fingerprint density at radius 3 is 3.00 bits per heavy atom. The van der Waals surface area contributed by atoms with Gasteiger partial charge in [-0.1, -0.05) is 11.6 Å². The SMILES string of the molecule is NC1CCC(C(=O)Nc2ccnc(Cl)c2)C1. The molecule has 1 aliphatic carbocycles. The fraction of sp³-hybridized carbons (Fsp3) is 0.455. The zero-order valence-corrected chi connectivity index (χ0v) is 9.57. The Balaban J connectivity index is 1.97. The van der Waals surface area contributed by atoms with Gasteiger partial charge in [0, 0.05) is 23.8 Å². The second kappa shape index (κ2) is 4.80.